The molecule has 1 amide bonds. The Morgan fingerprint density at radius 3 is 2.61 bits per heavy atom. The third-order valence-corrected chi connectivity index (χ3v) is 5.77. The summed E-state index contributed by atoms with van der Waals surface area (Å²) in [5, 5.41) is 3.53. The van der Waals surface area contributed by atoms with E-state index in [-0.39, 0.29) is 23.8 Å². The lowest BCUT2D eigenvalue weighted by atomic mass is 9.94. The molecule has 2 aliphatic carbocycles. The highest BCUT2D eigenvalue weighted by Gasteiger charge is 2.36. The Labute approximate surface area is 169 Å². The van der Waals surface area contributed by atoms with Crippen LogP contribution < -0.4 is 14.8 Å². The summed E-state index contributed by atoms with van der Waals surface area (Å²) in [5.41, 5.74) is 1.23. The molecule has 2 saturated carbocycles. The van der Waals surface area contributed by atoms with Gasteiger partial charge in [0.1, 0.15) is 5.70 Å². The van der Waals surface area contributed by atoms with Crippen LogP contribution in [-0.2, 0) is 9.59 Å². The van der Waals surface area contributed by atoms with E-state index in [1.165, 1.54) is 13.5 Å². The number of nitrogens with one attached hydrogen (secondary N) is 1. The molecule has 3 fully saturated rings. The number of hydrogen-bond acceptors (Lipinski definition) is 5. The second kappa shape index (κ2) is 7.91. The number of ether oxygens (including phenoxy) is 2. The minimum atomic E-state index is -0.217. The number of hydrogen-bond donors (Lipinski definition) is 1. The normalized spacial score (nSPS) is 21.8. The maximum absolute atomic E-state index is 12.9. The van der Waals surface area contributed by atoms with Crippen molar-refractivity contribution in [2.45, 2.75) is 51.0 Å². The predicted molar refractivity (Wildman–Crippen MR) is 109 cm³/mol. The monoisotopic (exact) mass is 400 g/mol. The van der Waals surface area contributed by atoms with E-state index in [0.717, 1.165) is 44.1 Å². The molecular weight excluding hydrogens is 376 g/mol. The van der Waals surface area contributed by atoms with Gasteiger partial charge in [0.05, 0.1) is 13.0 Å². The standard InChI is InChI=1S/C21H24N2O4S/c1-26-18-12-13(7-10-17(18)27-20(25)14-8-9-14)11-16-19(24)23(21(28)22-16)15-5-3-2-4-6-15/h7,10-12,14-15H,2-6,8-9H2,1H3,(H,22,28). The smallest absolute Gasteiger partial charge is 0.314 e. The molecule has 0 unspecified atom stereocenters. The molecular formula is C21H24N2O4S. The highest BCUT2D eigenvalue weighted by molar-refractivity contribution is 7.80. The van der Waals surface area contributed by atoms with E-state index >= 15 is 0 Å². The van der Waals surface area contributed by atoms with Crippen LogP contribution >= 0.6 is 12.2 Å². The first-order valence-electron chi connectivity index (χ1n) is 9.83. The van der Waals surface area contributed by atoms with Crippen LogP contribution in [0.5, 0.6) is 11.5 Å². The first-order chi connectivity index (χ1) is 13.6. The van der Waals surface area contributed by atoms with Crippen molar-refractivity contribution >= 4 is 35.3 Å². The number of carbonyl (C=O) groups is 2. The Hall–Kier alpha value is -2.41. The average Bonchev–Trinajstić information content (AvgIpc) is 3.51. The third kappa shape index (κ3) is 3.90. The van der Waals surface area contributed by atoms with Crippen molar-refractivity contribution < 1.29 is 19.1 Å². The largest absolute Gasteiger partial charge is 0.493 e. The molecule has 1 saturated heterocycles. The van der Waals surface area contributed by atoms with Gasteiger partial charge in [-0.25, -0.2) is 0 Å². The number of methoxy groups -OCH3 is 1. The SMILES string of the molecule is COc1cc(C=C2NC(=S)N(C3CCCCC3)C2=O)ccc1OC(=O)C1CC1. The molecule has 0 aromatic heterocycles. The predicted octanol–water partition coefficient (Wildman–Crippen LogP) is 3.40. The number of esters is 1. The van der Waals surface area contributed by atoms with Crippen LogP contribution in [0.15, 0.2) is 23.9 Å². The number of amides is 1. The van der Waals surface area contributed by atoms with E-state index in [4.69, 9.17) is 21.7 Å². The van der Waals surface area contributed by atoms with Crippen molar-refractivity contribution in [1.29, 1.82) is 0 Å². The topological polar surface area (TPSA) is 67.9 Å². The molecule has 0 spiro atoms. The van der Waals surface area contributed by atoms with Crippen LogP contribution in [0, 0.1) is 5.92 Å². The van der Waals surface area contributed by atoms with Crippen LogP contribution in [0.4, 0.5) is 0 Å². The van der Waals surface area contributed by atoms with Crippen LogP contribution in [0.1, 0.15) is 50.5 Å². The van der Waals surface area contributed by atoms with Gasteiger partial charge in [0.2, 0.25) is 0 Å². The Kier molecular flexibility index (Phi) is 5.35. The van der Waals surface area contributed by atoms with Gasteiger partial charge < -0.3 is 14.8 Å². The molecule has 1 aromatic rings. The highest BCUT2D eigenvalue weighted by Crippen LogP contribution is 2.35. The summed E-state index contributed by atoms with van der Waals surface area (Å²) < 4.78 is 10.8. The second-order valence-electron chi connectivity index (χ2n) is 7.56. The third-order valence-electron chi connectivity index (χ3n) is 5.47. The summed E-state index contributed by atoms with van der Waals surface area (Å²) in [4.78, 5) is 26.5. The molecule has 0 atom stereocenters. The maximum atomic E-state index is 12.9. The molecule has 28 heavy (non-hydrogen) atoms. The molecule has 0 radical (unpaired) electrons. The Bertz CT molecular complexity index is 841. The molecule has 7 heteroatoms. The molecule has 1 heterocycles. The lowest BCUT2D eigenvalue weighted by Crippen LogP contribution is -2.41. The van der Waals surface area contributed by atoms with Crippen molar-refractivity contribution in [3.63, 3.8) is 0 Å². The second-order valence-corrected chi connectivity index (χ2v) is 7.95. The van der Waals surface area contributed by atoms with Gasteiger partial charge in [0.25, 0.3) is 5.91 Å². The van der Waals surface area contributed by atoms with E-state index in [1.54, 1.807) is 29.2 Å². The molecule has 148 valence electrons. The van der Waals surface area contributed by atoms with Gasteiger partial charge >= 0.3 is 5.97 Å². The Morgan fingerprint density at radius 1 is 1.18 bits per heavy atom. The van der Waals surface area contributed by atoms with Gasteiger partial charge in [0, 0.05) is 6.04 Å². The van der Waals surface area contributed by atoms with Crippen LogP contribution in [-0.4, -0.2) is 35.0 Å². The summed E-state index contributed by atoms with van der Waals surface area (Å²) >= 11 is 5.41. The lowest BCUT2D eigenvalue weighted by molar-refractivity contribution is -0.135. The zero-order valence-electron chi connectivity index (χ0n) is 15.9. The zero-order chi connectivity index (χ0) is 19.7. The Balaban J connectivity index is 1.52. The summed E-state index contributed by atoms with van der Waals surface area (Å²) in [7, 11) is 1.53. The number of thiocarbonyl (C=S) groups is 1. The summed E-state index contributed by atoms with van der Waals surface area (Å²) in [6.45, 7) is 0. The van der Waals surface area contributed by atoms with Gasteiger partial charge in [0.15, 0.2) is 16.6 Å². The first-order valence-corrected chi connectivity index (χ1v) is 10.2. The van der Waals surface area contributed by atoms with Gasteiger partial charge in [-0.2, -0.15) is 0 Å². The lowest BCUT2D eigenvalue weighted by Gasteiger charge is -2.29. The van der Waals surface area contributed by atoms with E-state index < -0.39 is 0 Å². The fourth-order valence-corrected chi connectivity index (χ4v) is 4.10. The number of carbonyl (C=O) groups excluding carboxylic acids is 2. The Morgan fingerprint density at radius 2 is 1.93 bits per heavy atom. The number of rotatable bonds is 5. The van der Waals surface area contributed by atoms with Crippen molar-refractivity contribution in [1.82, 2.24) is 10.2 Å². The van der Waals surface area contributed by atoms with Gasteiger partial charge in [-0.1, -0.05) is 25.3 Å². The summed E-state index contributed by atoms with van der Waals surface area (Å²) in [6, 6.07) is 5.43. The highest BCUT2D eigenvalue weighted by atomic mass is 32.1. The van der Waals surface area contributed by atoms with Gasteiger partial charge in [-0.3, -0.25) is 14.5 Å². The summed E-state index contributed by atoms with van der Waals surface area (Å²) in [5.74, 6) is 0.566. The minimum Gasteiger partial charge on any atom is -0.493 e. The van der Waals surface area contributed by atoms with Crippen LogP contribution in [0.2, 0.25) is 0 Å². The molecule has 3 aliphatic rings. The van der Waals surface area contributed by atoms with E-state index in [1.807, 2.05) is 0 Å². The van der Waals surface area contributed by atoms with Crippen molar-refractivity contribution in [2.75, 3.05) is 7.11 Å². The number of benzene rings is 1. The van der Waals surface area contributed by atoms with E-state index in [2.05, 4.69) is 5.32 Å². The first kappa shape index (κ1) is 18.9. The van der Waals surface area contributed by atoms with Crippen molar-refractivity contribution in [3.8, 4) is 11.5 Å². The molecule has 6 nitrogen and oxygen atoms in total. The molecule has 0 bridgehead atoms. The quantitative estimate of drug-likeness (QED) is 0.354. The molecule has 4 rings (SSSR count). The molecule has 1 N–H and O–H groups in total. The van der Waals surface area contributed by atoms with E-state index in [9.17, 15) is 9.59 Å². The number of nitrogens with zero attached hydrogens (tertiary/aromatic N) is 1. The fraction of sp³-hybridized carbons (Fsp3) is 0.476. The van der Waals surface area contributed by atoms with Crippen LogP contribution in [0.3, 0.4) is 0 Å². The maximum Gasteiger partial charge on any atom is 0.314 e. The van der Waals surface area contributed by atoms with Crippen molar-refractivity contribution in [3.05, 3.63) is 29.5 Å². The zero-order valence-corrected chi connectivity index (χ0v) is 16.7. The van der Waals surface area contributed by atoms with E-state index in [0.29, 0.717) is 22.3 Å². The van der Waals surface area contributed by atoms with Gasteiger partial charge in [-0.15, -0.1) is 0 Å². The summed E-state index contributed by atoms with van der Waals surface area (Å²) in [6.07, 6.45) is 9.01. The van der Waals surface area contributed by atoms with Crippen molar-refractivity contribution in [2.24, 2.45) is 5.92 Å². The minimum absolute atomic E-state index is 0.0126. The van der Waals surface area contributed by atoms with Gasteiger partial charge in [-0.05, 0) is 61.7 Å². The molecule has 1 aliphatic heterocycles. The molecule has 1 aromatic carbocycles. The average molecular weight is 401 g/mol. The fourth-order valence-electron chi connectivity index (χ4n) is 3.76. The van der Waals surface area contributed by atoms with Crippen LogP contribution in [0.25, 0.3) is 6.08 Å².